The summed E-state index contributed by atoms with van der Waals surface area (Å²) in [6.45, 7) is 10.9. The lowest BCUT2D eigenvalue weighted by molar-refractivity contribution is 0.375. The maximum Gasteiger partial charge on any atom is 0.174 e. The monoisotopic (exact) mass is 428 g/mol. The molecule has 0 atom stereocenters. The van der Waals surface area contributed by atoms with Gasteiger partial charge in [-0.05, 0) is 29.3 Å². The topological polar surface area (TPSA) is 112 Å². The summed E-state index contributed by atoms with van der Waals surface area (Å²) in [7, 11) is 0. The van der Waals surface area contributed by atoms with E-state index < -0.39 is 0 Å². The van der Waals surface area contributed by atoms with Gasteiger partial charge in [-0.15, -0.1) is 0 Å². The van der Waals surface area contributed by atoms with E-state index in [0.717, 1.165) is 54.0 Å². The van der Waals surface area contributed by atoms with Crippen LogP contribution in [0.2, 0.25) is 0 Å². The number of phenolic OH excluding ortho intramolecular Hbond substituents is 2. The number of rotatable bonds is 7. The molecule has 8 nitrogen and oxygen atoms in total. The minimum atomic E-state index is -0.140. The molecule has 4 rings (SSSR count). The van der Waals surface area contributed by atoms with E-state index in [1.54, 1.807) is 18.3 Å². The van der Waals surface area contributed by atoms with Crippen LogP contribution < -0.4 is 16.0 Å². The van der Waals surface area contributed by atoms with Gasteiger partial charge in [0.05, 0.1) is 11.2 Å². The molecule has 1 aliphatic heterocycles. The second-order valence-electron chi connectivity index (χ2n) is 8.75. The fourth-order valence-corrected chi connectivity index (χ4v) is 4.36. The van der Waals surface area contributed by atoms with E-state index in [1.807, 2.05) is 6.07 Å². The SMILES string of the molecule is CC(C)(C)CNCCn1c(Sc2cc(O)c(O)cc2N2CC2)nc2c(N)nccc21. The van der Waals surface area contributed by atoms with Gasteiger partial charge >= 0.3 is 0 Å². The van der Waals surface area contributed by atoms with Gasteiger partial charge in [-0.1, -0.05) is 20.8 Å². The van der Waals surface area contributed by atoms with Gasteiger partial charge in [0.15, 0.2) is 22.5 Å². The molecule has 9 heteroatoms. The third-order valence-corrected chi connectivity index (χ3v) is 5.91. The van der Waals surface area contributed by atoms with Crippen molar-refractivity contribution in [1.29, 1.82) is 0 Å². The van der Waals surface area contributed by atoms with Gasteiger partial charge in [-0.3, -0.25) is 0 Å². The molecule has 0 amide bonds. The van der Waals surface area contributed by atoms with E-state index in [-0.39, 0.29) is 16.9 Å². The van der Waals surface area contributed by atoms with Crippen LogP contribution in [0.15, 0.2) is 34.4 Å². The highest BCUT2D eigenvalue weighted by atomic mass is 32.2. The number of hydrogen-bond donors (Lipinski definition) is 4. The van der Waals surface area contributed by atoms with Crippen LogP contribution in [0.4, 0.5) is 11.5 Å². The van der Waals surface area contributed by atoms with Gasteiger partial charge in [0.1, 0.15) is 5.52 Å². The van der Waals surface area contributed by atoms with Gasteiger partial charge < -0.3 is 30.7 Å². The minimum absolute atomic E-state index is 0.116. The van der Waals surface area contributed by atoms with Gasteiger partial charge in [0.2, 0.25) is 0 Å². The molecule has 3 aromatic rings. The smallest absolute Gasteiger partial charge is 0.174 e. The number of pyridine rings is 1. The predicted octanol–water partition coefficient (Wildman–Crippen LogP) is 3.03. The van der Waals surface area contributed by atoms with Crippen molar-refractivity contribution in [3.8, 4) is 11.5 Å². The van der Waals surface area contributed by atoms with Crippen LogP contribution in [0.1, 0.15) is 20.8 Å². The summed E-state index contributed by atoms with van der Waals surface area (Å²) in [4.78, 5) is 11.9. The van der Waals surface area contributed by atoms with Crippen molar-refractivity contribution in [3.05, 3.63) is 24.4 Å². The third kappa shape index (κ3) is 4.41. The number of aromatic hydroxyl groups is 2. The van der Waals surface area contributed by atoms with Crippen molar-refractivity contribution in [2.75, 3.05) is 36.8 Å². The normalized spacial score (nSPS) is 13.9. The van der Waals surface area contributed by atoms with E-state index in [1.165, 1.54) is 11.8 Å². The highest BCUT2D eigenvalue weighted by molar-refractivity contribution is 7.99. The van der Waals surface area contributed by atoms with Gasteiger partial charge in [0, 0.05) is 49.9 Å². The molecular weight excluding hydrogens is 400 g/mol. The second kappa shape index (κ2) is 7.88. The lowest BCUT2D eigenvalue weighted by atomic mass is 9.97. The molecule has 0 bridgehead atoms. The van der Waals surface area contributed by atoms with Crippen LogP contribution in [-0.2, 0) is 6.54 Å². The maximum atomic E-state index is 10.1. The number of aromatic nitrogens is 3. The molecule has 1 aromatic carbocycles. The Labute approximate surface area is 180 Å². The zero-order chi connectivity index (χ0) is 21.5. The number of nitrogens with two attached hydrogens (primary N) is 1. The second-order valence-corrected chi connectivity index (χ2v) is 9.75. The number of anilines is 2. The standard InChI is InChI=1S/C21H28N6O2S/c1-21(2,3)12-23-6-7-27-13-4-5-24-19(22)18(13)25-20(27)30-17-11-16(29)15(28)10-14(17)26-8-9-26/h4-5,10-11,23,28-29H,6-9,12H2,1-3H3,(H2,22,24). The molecule has 5 N–H and O–H groups in total. The van der Waals surface area contributed by atoms with Gasteiger partial charge in [0.25, 0.3) is 0 Å². The number of benzene rings is 1. The zero-order valence-electron chi connectivity index (χ0n) is 17.5. The zero-order valence-corrected chi connectivity index (χ0v) is 18.3. The summed E-state index contributed by atoms with van der Waals surface area (Å²) in [5.41, 5.74) is 8.79. The van der Waals surface area contributed by atoms with Crippen LogP contribution in [0.5, 0.6) is 11.5 Å². The molecule has 1 aliphatic rings. The molecule has 160 valence electrons. The average Bonchev–Trinajstić information content (AvgIpc) is 3.44. The molecule has 0 unspecified atom stereocenters. The fourth-order valence-electron chi connectivity index (χ4n) is 3.26. The third-order valence-electron chi connectivity index (χ3n) is 4.87. The number of nitrogens with zero attached hydrogens (tertiary/aromatic N) is 4. The van der Waals surface area contributed by atoms with Crippen LogP contribution in [0.25, 0.3) is 11.0 Å². The van der Waals surface area contributed by atoms with Crippen LogP contribution in [-0.4, -0.2) is 50.9 Å². The molecule has 30 heavy (non-hydrogen) atoms. The predicted molar refractivity (Wildman–Crippen MR) is 120 cm³/mol. The van der Waals surface area contributed by atoms with Crippen molar-refractivity contribution in [1.82, 2.24) is 19.9 Å². The van der Waals surface area contributed by atoms with Crippen molar-refractivity contribution in [2.24, 2.45) is 5.41 Å². The van der Waals surface area contributed by atoms with E-state index in [4.69, 9.17) is 10.7 Å². The summed E-state index contributed by atoms with van der Waals surface area (Å²) in [6, 6.07) is 5.13. The number of imidazole rings is 1. The summed E-state index contributed by atoms with van der Waals surface area (Å²) < 4.78 is 2.13. The van der Waals surface area contributed by atoms with Crippen molar-refractivity contribution in [3.63, 3.8) is 0 Å². The van der Waals surface area contributed by atoms with E-state index >= 15 is 0 Å². The highest BCUT2D eigenvalue weighted by Gasteiger charge is 2.25. The summed E-state index contributed by atoms with van der Waals surface area (Å²) in [6.07, 6.45) is 1.70. The Bertz CT molecular complexity index is 1070. The van der Waals surface area contributed by atoms with E-state index in [2.05, 4.69) is 40.5 Å². The van der Waals surface area contributed by atoms with Crippen molar-refractivity contribution < 1.29 is 10.2 Å². The first kappa shape index (κ1) is 20.6. The molecule has 2 aromatic heterocycles. The van der Waals surface area contributed by atoms with E-state index in [0.29, 0.717) is 11.3 Å². The maximum absolute atomic E-state index is 10.1. The Balaban J connectivity index is 1.67. The Kier molecular flexibility index (Phi) is 5.42. The van der Waals surface area contributed by atoms with Crippen molar-refractivity contribution >= 4 is 34.3 Å². The summed E-state index contributed by atoms with van der Waals surface area (Å²) in [5, 5.41) is 24.3. The number of fused-ring (bicyclic) bond motifs is 1. The van der Waals surface area contributed by atoms with E-state index in [9.17, 15) is 10.2 Å². The largest absolute Gasteiger partial charge is 0.504 e. The number of nitrogens with one attached hydrogen (secondary N) is 1. The Morgan fingerprint density at radius 1 is 1.20 bits per heavy atom. The molecule has 0 aliphatic carbocycles. The number of nitrogen functional groups attached to an aromatic ring is 1. The van der Waals surface area contributed by atoms with Gasteiger partial charge in [-0.2, -0.15) is 0 Å². The first-order valence-electron chi connectivity index (χ1n) is 10.0. The lowest BCUT2D eigenvalue weighted by Gasteiger charge is -2.19. The molecule has 1 fully saturated rings. The Morgan fingerprint density at radius 3 is 2.63 bits per heavy atom. The molecule has 1 saturated heterocycles. The number of hydrogen-bond acceptors (Lipinski definition) is 8. The highest BCUT2D eigenvalue weighted by Crippen LogP contribution is 2.43. The molecule has 0 saturated carbocycles. The molecule has 0 radical (unpaired) electrons. The molecule has 0 spiro atoms. The average molecular weight is 429 g/mol. The van der Waals surface area contributed by atoms with Crippen LogP contribution in [0, 0.1) is 5.41 Å². The van der Waals surface area contributed by atoms with Crippen LogP contribution in [0.3, 0.4) is 0 Å². The van der Waals surface area contributed by atoms with Gasteiger partial charge in [-0.25, -0.2) is 9.97 Å². The minimum Gasteiger partial charge on any atom is -0.504 e. The fraction of sp³-hybridized carbons (Fsp3) is 0.429. The quantitative estimate of drug-likeness (QED) is 0.258. The summed E-state index contributed by atoms with van der Waals surface area (Å²) >= 11 is 1.46. The number of phenols is 2. The summed E-state index contributed by atoms with van der Waals surface area (Å²) in [5.74, 6) is 0.142. The Hall–Kier alpha value is -2.65. The first-order chi connectivity index (χ1) is 14.2. The van der Waals surface area contributed by atoms with Crippen molar-refractivity contribution in [2.45, 2.75) is 37.4 Å². The lowest BCUT2D eigenvalue weighted by Crippen LogP contribution is -2.29. The van der Waals surface area contributed by atoms with Crippen LogP contribution >= 0.6 is 11.8 Å². The first-order valence-corrected chi connectivity index (χ1v) is 10.8. The Morgan fingerprint density at radius 2 is 1.93 bits per heavy atom. The molecular formula is C21H28N6O2S. The molecule has 3 heterocycles.